The van der Waals surface area contributed by atoms with E-state index < -0.39 is 5.82 Å². The molecule has 1 N–H and O–H groups in total. The molecule has 6 heteroatoms. The highest BCUT2D eigenvalue weighted by Crippen LogP contribution is 2.33. The molecule has 0 spiro atoms. The van der Waals surface area contributed by atoms with Crippen molar-refractivity contribution in [1.82, 2.24) is 0 Å². The molecule has 1 aromatic carbocycles. The van der Waals surface area contributed by atoms with Crippen molar-refractivity contribution in [3.63, 3.8) is 0 Å². The van der Waals surface area contributed by atoms with Crippen LogP contribution in [0.15, 0.2) is 17.1 Å². The first kappa shape index (κ1) is 14.9. The van der Waals surface area contributed by atoms with Crippen LogP contribution in [0.25, 0.3) is 0 Å². The van der Waals surface area contributed by atoms with Gasteiger partial charge in [0.15, 0.2) is 5.17 Å². The largest absolute Gasteiger partial charge is 0.333 e. The molecule has 0 fully saturated rings. The second-order valence-corrected chi connectivity index (χ2v) is 6.65. The smallest absolute Gasteiger partial charge is 0.161 e. The van der Waals surface area contributed by atoms with Gasteiger partial charge in [0, 0.05) is 5.75 Å². The van der Waals surface area contributed by atoms with Crippen LogP contribution >= 0.6 is 35.0 Å². The van der Waals surface area contributed by atoms with E-state index in [9.17, 15) is 4.39 Å². The average molecular weight is 321 g/mol. The van der Waals surface area contributed by atoms with Gasteiger partial charge < -0.3 is 5.32 Å². The Hall–Kier alpha value is -0.450. The van der Waals surface area contributed by atoms with Gasteiger partial charge in [-0.1, -0.05) is 48.8 Å². The third-order valence-electron chi connectivity index (χ3n) is 2.94. The molecule has 0 radical (unpaired) electrons. The summed E-state index contributed by atoms with van der Waals surface area (Å²) < 4.78 is 13.1. The molecule has 0 aliphatic carbocycles. The van der Waals surface area contributed by atoms with Gasteiger partial charge in [-0.3, -0.25) is 4.99 Å². The second kappa shape index (κ2) is 6.33. The summed E-state index contributed by atoms with van der Waals surface area (Å²) >= 11 is 13.6. The van der Waals surface area contributed by atoms with Crippen LogP contribution in [0.2, 0.25) is 10.0 Å². The first-order valence-corrected chi connectivity index (χ1v) is 7.83. The van der Waals surface area contributed by atoms with Crippen LogP contribution in [0, 0.1) is 11.7 Å². The van der Waals surface area contributed by atoms with E-state index in [1.165, 1.54) is 12.1 Å². The number of amidine groups is 1. The summed E-state index contributed by atoms with van der Waals surface area (Å²) in [6.45, 7) is 4.30. The molecule has 1 aromatic rings. The molecule has 2 nitrogen and oxygen atoms in total. The first-order chi connectivity index (χ1) is 8.97. The summed E-state index contributed by atoms with van der Waals surface area (Å²) in [4.78, 5) is 4.64. The molecule has 1 unspecified atom stereocenters. The standard InChI is InChI=1S/C13H15Cl2FN2S/c1-7(2)11-3-4-19-13(17-11)18-12-9(14)5-8(16)6-10(12)15/h5-7,11H,3-4H2,1-2H3,(H,17,18). The highest BCUT2D eigenvalue weighted by atomic mass is 35.5. The predicted octanol–water partition coefficient (Wildman–Crippen LogP) is 5.06. The van der Waals surface area contributed by atoms with Crippen molar-refractivity contribution in [3.8, 4) is 0 Å². The number of hydrogen-bond donors (Lipinski definition) is 1. The van der Waals surface area contributed by atoms with Gasteiger partial charge >= 0.3 is 0 Å². The zero-order chi connectivity index (χ0) is 14.0. The molecular formula is C13H15Cl2FN2S. The Morgan fingerprint density at radius 3 is 2.58 bits per heavy atom. The maximum atomic E-state index is 13.1. The van der Waals surface area contributed by atoms with E-state index >= 15 is 0 Å². The second-order valence-electron chi connectivity index (χ2n) is 4.75. The fourth-order valence-electron chi connectivity index (χ4n) is 1.85. The molecular weight excluding hydrogens is 306 g/mol. The van der Waals surface area contributed by atoms with Crippen molar-refractivity contribution >= 4 is 45.8 Å². The lowest BCUT2D eigenvalue weighted by atomic mass is 10.0. The number of halogens is 3. The summed E-state index contributed by atoms with van der Waals surface area (Å²) in [7, 11) is 0. The van der Waals surface area contributed by atoms with E-state index in [1.807, 2.05) is 0 Å². The minimum absolute atomic E-state index is 0.264. The molecule has 104 valence electrons. The van der Waals surface area contributed by atoms with E-state index in [0.717, 1.165) is 17.3 Å². The van der Waals surface area contributed by atoms with E-state index in [4.69, 9.17) is 23.2 Å². The van der Waals surface area contributed by atoms with Crippen molar-refractivity contribution in [2.75, 3.05) is 11.1 Å². The predicted molar refractivity (Wildman–Crippen MR) is 83.2 cm³/mol. The number of benzene rings is 1. The Bertz CT molecular complexity index is 482. The van der Waals surface area contributed by atoms with Crippen molar-refractivity contribution in [1.29, 1.82) is 0 Å². The Morgan fingerprint density at radius 2 is 2.00 bits per heavy atom. The molecule has 19 heavy (non-hydrogen) atoms. The Kier molecular flexibility index (Phi) is 4.98. The molecule has 0 aromatic heterocycles. The highest BCUT2D eigenvalue weighted by molar-refractivity contribution is 8.14. The van der Waals surface area contributed by atoms with Crippen LogP contribution in [0.3, 0.4) is 0 Å². The van der Waals surface area contributed by atoms with Gasteiger partial charge in [-0.05, 0) is 24.5 Å². The van der Waals surface area contributed by atoms with Crippen LogP contribution in [0.5, 0.6) is 0 Å². The fraction of sp³-hybridized carbons (Fsp3) is 0.462. The number of thioether (sulfide) groups is 1. The van der Waals surface area contributed by atoms with E-state index in [-0.39, 0.29) is 10.0 Å². The average Bonchev–Trinajstić information content (AvgIpc) is 2.34. The van der Waals surface area contributed by atoms with E-state index in [1.54, 1.807) is 11.8 Å². The highest BCUT2D eigenvalue weighted by Gasteiger charge is 2.20. The fourth-order valence-corrected chi connectivity index (χ4v) is 3.34. The van der Waals surface area contributed by atoms with Gasteiger partial charge in [-0.15, -0.1) is 0 Å². The summed E-state index contributed by atoms with van der Waals surface area (Å²) in [5.41, 5.74) is 0.514. The van der Waals surface area contributed by atoms with Gasteiger partial charge in [0.2, 0.25) is 0 Å². The van der Waals surface area contributed by atoms with Gasteiger partial charge in [0.05, 0.1) is 21.8 Å². The Labute approximate surface area is 126 Å². The van der Waals surface area contributed by atoms with Crippen molar-refractivity contribution in [2.45, 2.75) is 26.3 Å². The molecule has 0 saturated heterocycles. The molecule has 1 aliphatic rings. The number of nitrogens with zero attached hydrogens (tertiary/aromatic N) is 1. The van der Waals surface area contributed by atoms with Crippen molar-refractivity contribution in [3.05, 3.63) is 28.0 Å². The van der Waals surface area contributed by atoms with Crippen molar-refractivity contribution in [2.24, 2.45) is 10.9 Å². The normalized spacial score (nSPS) is 19.5. The number of hydrogen-bond acceptors (Lipinski definition) is 3. The molecule has 1 aliphatic heterocycles. The Morgan fingerprint density at radius 1 is 1.37 bits per heavy atom. The monoisotopic (exact) mass is 320 g/mol. The van der Waals surface area contributed by atoms with Crippen LogP contribution in [0.1, 0.15) is 20.3 Å². The number of rotatable bonds is 2. The maximum absolute atomic E-state index is 13.1. The van der Waals surface area contributed by atoms with Gasteiger partial charge in [-0.2, -0.15) is 0 Å². The summed E-state index contributed by atoms with van der Waals surface area (Å²) in [6, 6.07) is 2.79. The third kappa shape index (κ3) is 3.77. The van der Waals surface area contributed by atoms with E-state index in [0.29, 0.717) is 17.6 Å². The van der Waals surface area contributed by atoms with Crippen LogP contribution in [-0.4, -0.2) is 17.0 Å². The minimum atomic E-state index is -0.446. The maximum Gasteiger partial charge on any atom is 0.161 e. The minimum Gasteiger partial charge on any atom is -0.333 e. The lowest BCUT2D eigenvalue weighted by molar-refractivity contribution is 0.485. The third-order valence-corrected chi connectivity index (χ3v) is 4.46. The molecule has 2 rings (SSSR count). The Balaban J connectivity index is 2.22. The molecule has 0 amide bonds. The van der Waals surface area contributed by atoms with E-state index in [2.05, 4.69) is 24.2 Å². The molecule has 1 heterocycles. The molecule has 1 atom stereocenters. The van der Waals surface area contributed by atoms with Gasteiger partial charge in [-0.25, -0.2) is 4.39 Å². The topological polar surface area (TPSA) is 24.4 Å². The lowest BCUT2D eigenvalue weighted by Crippen LogP contribution is -2.24. The van der Waals surface area contributed by atoms with Crippen LogP contribution < -0.4 is 5.32 Å². The van der Waals surface area contributed by atoms with Gasteiger partial charge in [0.25, 0.3) is 0 Å². The van der Waals surface area contributed by atoms with Crippen LogP contribution in [-0.2, 0) is 0 Å². The number of aliphatic imine (C=N–C) groups is 1. The number of nitrogens with one attached hydrogen (secondary N) is 1. The summed E-state index contributed by atoms with van der Waals surface area (Å²) in [5.74, 6) is 1.06. The number of anilines is 1. The van der Waals surface area contributed by atoms with Crippen LogP contribution in [0.4, 0.5) is 10.1 Å². The molecule has 0 bridgehead atoms. The first-order valence-electron chi connectivity index (χ1n) is 6.09. The SMILES string of the molecule is CC(C)C1CCSC(Nc2c(Cl)cc(F)cc2Cl)=N1. The quantitative estimate of drug-likeness (QED) is 0.823. The summed E-state index contributed by atoms with van der Waals surface area (Å²) in [6.07, 6.45) is 1.07. The lowest BCUT2D eigenvalue weighted by Gasteiger charge is -2.23. The zero-order valence-corrected chi connectivity index (χ0v) is 13.0. The van der Waals surface area contributed by atoms with Crippen molar-refractivity contribution < 1.29 is 4.39 Å². The zero-order valence-electron chi connectivity index (χ0n) is 10.7. The summed E-state index contributed by atoms with van der Waals surface area (Å²) in [5, 5.41) is 4.43. The molecule has 0 saturated carbocycles. The van der Waals surface area contributed by atoms with Gasteiger partial charge in [0.1, 0.15) is 5.82 Å².